The van der Waals surface area contributed by atoms with Crippen LogP contribution < -0.4 is 4.90 Å². The standard InChI is InChI=1S/C20H20FN3OS/c1-15(2)24(17-8-4-3-5-9-17)19(25)14-26-20-22-11-12-23(20)18-10-6-7-16(21)13-18/h3-13,15H,14H2,1-2H3. The molecule has 0 atom stereocenters. The summed E-state index contributed by atoms with van der Waals surface area (Å²) in [5, 5.41) is 0.653. The second kappa shape index (κ2) is 8.19. The molecule has 2 aromatic carbocycles. The number of nitrogens with zero attached hydrogens (tertiary/aromatic N) is 3. The molecular formula is C20H20FN3OS. The average molecular weight is 369 g/mol. The number of halogens is 1. The summed E-state index contributed by atoms with van der Waals surface area (Å²) in [6.07, 6.45) is 3.41. The maximum Gasteiger partial charge on any atom is 0.237 e. The summed E-state index contributed by atoms with van der Waals surface area (Å²) in [4.78, 5) is 18.9. The first-order valence-corrected chi connectivity index (χ1v) is 9.34. The molecule has 134 valence electrons. The SMILES string of the molecule is CC(C)N(C(=O)CSc1nccn1-c1cccc(F)c1)c1ccccc1. The number of carbonyl (C=O) groups is 1. The van der Waals surface area contributed by atoms with Gasteiger partial charge in [0.2, 0.25) is 5.91 Å². The minimum atomic E-state index is -0.307. The van der Waals surface area contributed by atoms with Crippen LogP contribution >= 0.6 is 11.8 Å². The first-order chi connectivity index (χ1) is 12.6. The molecule has 0 aliphatic rings. The van der Waals surface area contributed by atoms with Gasteiger partial charge in [-0.05, 0) is 44.2 Å². The Morgan fingerprint density at radius 2 is 1.96 bits per heavy atom. The van der Waals surface area contributed by atoms with Crippen molar-refractivity contribution < 1.29 is 9.18 Å². The number of thioether (sulfide) groups is 1. The Bertz CT molecular complexity index is 880. The summed E-state index contributed by atoms with van der Waals surface area (Å²) < 4.78 is 15.3. The van der Waals surface area contributed by atoms with Gasteiger partial charge in [0.25, 0.3) is 0 Å². The Hall–Kier alpha value is -2.60. The molecule has 4 nitrogen and oxygen atoms in total. The third-order valence-corrected chi connectivity index (χ3v) is 4.79. The van der Waals surface area contributed by atoms with Crippen molar-refractivity contribution in [1.29, 1.82) is 0 Å². The third-order valence-electron chi connectivity index (χ3n) is 3.84. The highest BCUT2D eigenvalue weighted by atomic mass is 32.2. The van der Waals surface area contributed by atoms with E-state index in [9.17, 15) is 9.18 Å². The Balaban J connectivity index is 1.75. The lowest BCUT2D eigenvalue weighted by atomic mass is 10.2. The van der Waals surface area contributed by atoms with Crippen molar-refractivity contribution in [2.24, 2.45) is 0 Å². The van der Waals surface area contributed by atoms with E-state index < -0.39 is 0 Å². The molecule has 0 aliphatic heterocycles. The lowest BCUT2D eigenvalue weighted by molar-refractivity contribution is -0.116. The summed E-state index contributed by atoms with van der Waals surface area (Å²) in [5.41, 5.74) is 1.56. The van der Waals surface area contributed by atoms with Crippen LogP contribution in [-0.4, -0.2) is 27.3 Å². The van der Waals surface area contributed by atoms with Crippen LogP contribution in [0.4, 0.5) is 10.1 Å². The quantitative estimate of drug-likeness (QED) is 0.599. The summed E-state index contributed by atoms with van der Waals surface area (Å²) >= 11 is 1.34. The van der Waals surface area contributed by atoms with Crippen LogP contribution in [0.25, 0.3) is 5.69 Å². The van der Waals surface area contributed by atoms with Crippen LogP contribution in [-0.2, 0) is 4.79 Å². The Labute approximate surface area is 156 Å². The monoisotopic (exact) mass is 369 g/mol. The van der Waals surface area contributed by atoms with E-state index >= 15 is 0 Å². The summed E-state index contributed by atoms with van der Waals surface area (Å²) in [6.45, 7) is 3.98. The Morgan fingerprint density at radius 3 is 2.65 bits per heavy atom. The van der Waals surface area contributed by atoms with Gasteiger partial charge >= 0.3 is 0 Å². The number of hydrogen-bond acceptors (Lipinski definition) is 3. The van der Waals surface area contributed by atoms with Crippen molar-refractivity contribution in [3.05, 3.63) is 72.8 Å². The van der Waals surface area contributed by atoms with E-state index in [0.717, 1.165) is 5.69 Å². The minimum absolute atomic E-state index is 0.00462. The Kier molecular flexibility index (Phi) is 5.73. The number of aromatic nitrogens is 2. The number of amides is 1. The maximum atomic E-state index is 13.5. The van der Waals surface area contributed by atoms with Crippen LogP contribution in [0, 0.1) is 5.82 Å². The van der Waals surface area contributed by atoms with Crippen LogP contribution in [0.1, 0.15) is 13.8 Å². The maximum absolute atomic E-state index is 13.5. The molecule has 0 bridgehead atoms. The van der Waals surface area contributed by atoms with E-state index in [0.29, 0.717) is 10.8 Å². The van der Waals surface area contributed by atoms with Gasteiger partial charge in [-0.2, -0.15) is 0 Å². The van der Waals surface area contributed by atoms with Gasteiger partial charge < -0.3 is 4.90 Å². The van der Waals surface area contributed by atoms with Crippen molar-refractivity contribution in [1.82, 2.24) is 9.55 Å². The van der Waals surface area contributed by atoms with E-state index in [1.807, 2.05) is 44.2 Å². The summed E-state index contributed by atoms with van der Waals surface area (Å²) in [7, 11) is 0. The van der Waals surface area contributed by atoms with Crippen molar-refractivity contribution in [3.63, 3.8) is 0 Å². The Morgan fingerprint density at radius 1 is 1.19 bits per heavy atom. The highest BCUT2D eigenvalue weighted by molar-refractivity contribution is 7.99. The number of rotatable bonds is 6. The molecule has 0 saturated carbocycles. The zero-order valence-corrected chi connectivity index (χ0v) is 15.5. The lowest BCUT2D eigenvalue weighted by Crippen LogP contribution is -2.38. The molecule has 3 aromatic rings. The molecular weight excluding hydrogens is 349 g/mol. The van der Waals surface area contributed by atoms with Gasteiger partial charge in [-0.3, -0.25) is 9.36 Å². The molecule has 26 heavy (non-hydrogen) atoms. The molecule has 0 unspecified atom stereocenters. The van der Waals surface area contributed by atoms with E-state index in [4.69, 9.17) is 0 Å². The molecule has 1 heterocycles. The van der Waals surface area contributed by atoms with Crippen molar-refractivity contribution in [2.75, 3.05) is 10.7 Å². The average Bonchev–Trinajstić information content (AvgIpc) is 3.09. The molecule has 3 rings (SSSR count). The summed E-state index contributed by atoms with van der Waals surface area (Å²) in [5.74, 6) is -0.0531. The van der Waals surface area contributed by atoms with Crippen molar-refractivity contribution in [3.8, 4) is 5.69 Å². The van der Waals surface area contributed by atoms with Crippen LogP contribution in [0.15, 0.2) is 72.1 Å². The molecule has 1 aromatic heterocycles. The van der Waals surface area contributed by atoms with E-state index in [1.165, 1.54) is 23.9 Å². The smallest absolute Gasteiger partial charge is 0.237 e. The second-order valence-corrected chi connectivity index (χ2v) is 6.98. The minimum Gasteiger partial charge on any atom is -0.309 e. The highest BCUT2D eigenvalue weighted by Gasteiger charge is 2.20. The first kappa shape index (κ1) is 18.2. The molecule has 0 saturated heterocycles. The fourth-order valence-corrected chi connectivity index (χ4v) is 3.57. The topological polar surface area (TPSA) is 38.1 Å². The second-order valence-electron chi connectivity index (χ2n) is 6.04. The molecule has 6 heteroatoms. The van der Waals surface area contributed by atoms with Gasteiger partial charge in [0.05, 0.1) is 11.4 Å². The molecule has 0 N–H and O–H groups in total. The normalized spacial score (nSPS) is 10.9. The van der Waals surface area contributed by atoms with Crippen molar-refractivity contribution in [2.45, 2.75) is 25.0 Å². The number of benzene rings is 2. The van der Waals surface area contributed by atoms with Gasteiger partial charge in [-0.15, -0.1) is 0 Å². The van der Waals surface area contributed by atoms with Crippen LogP contribution in [0.3, 0.4) is 0 Å². The van der Waals surface area contributed by atoms with Crippen LogP contribution in [0.5, 0.6) is 0 Å². The van der Waals surface area contributed by atoms with Gasteiger partial charge in [-0.1, -0.05) is 36.0 Å². The van der Waals surface area contributed by atoms with Gasteiger partial charge in [0.15, 0.2) is 5.16 Å². The molecule has 1 amide bonds. The number of imidazole rings is 1. The third kappa shape index (κ3) is 4.14. The number of carbonyl (C=O) groups excluding carboxylic acids is 1. The first-order valence-electron chi connectivity index (χ1n) is 8.35. The highest BCUT2D eigenvalue weighted by Crippen LogP contribution is 2.23. The molecule has 0 aliphatic carbocycles. The fraction of sp³-hybridized carbons (Fsp3) is 0.200. The largest absolute Gasteiger partial charge is 0.309 e. The van der Waals surface area contributed by atoms with E-state index in [1.54, 1.807) is 34.0 Å². The van der Waals surface area contributed by atoms with Gasteiger partial charge in [-0.25, -0.2) is 9.37 Å². The molecule has 0 fully saturated rings. The molecule has 0 spiro atoms. The molecule has 0 radical (unpaired) electrons. The predicted octanol–water partition coefficient (Wildman–Crippen LogP) is 4.55. The number of hydrogen-bond donors (Lipinski definition) is 0. The van der Waals surface area contributed by atoms with Gasteiger partial charge in [0.1, 0.15) is 5.82 Å². The van der Waals surface area contributed by atoms with E-state index in [-0.39, 0.29) is 23.5 Å². The van der Waals surface area contributed by atoms with Crippen LogP contribution in [0.2, 0.25) is 0 Å². The van der Waals surface area contributed by atoms with Gasteiger partial charge in [0, 0.05) is 24.1 Å². The number of anilines is 1. The lowest BCUT2D eigenvalue weighted by Gasteiger charge is -2.26. The van der Waals surface area contributed by atoms with Crippen molar-refractivity contribution >= 4 is 23.4 Å². The van der Waals surface area contributed by atoms with E-state index in [2.05, 4.69) is 4.98 Å². The fourth-order valence-electron chi connectivity index (χ4n) is 2.73. The summed E-state index contributed by atoms with van der Waals surface area (Å²) in [6, 6.07) is 16.0. The predicted molar refractivity (Wildman–Crippen MR) is 103 cm³/mol. The zero-order valence-electron chi connectivity index (χ0n) is 14.7. The number of para-hydroxylation sites is 1. The zero-order chi connectivity index (χ0) is 18.5.